The number of nitrogens with one attached hydrogen (secondary N) is 2. The molecule has 6 heteroatoms. The lowest BCUT2D eigenvalue weighted by Gasteiger charge is -2.16. The highest BCUT2D eigenvalue weighted by Gasteiger charge is 2.12. The smallest absolute Gasteiger partial charge is 0.163 e. The average molecular weight is 436 g/mol. The summed E-state index contributed by atoms with van der Waals surface area (Å²) in [4.78, 5) is 7.91. The molecule has 4 rings (SSSR count). The fourth-order valence-electron chi connectivity index (χ4n) is 3.43. The molecule has 0 spiro atoms. The molecular weight excluding hydrogens is 410 g/mol. The quantitative estimate of drug-likeness (QED) is 0.349. The van der Waals surface area contributed by atoms with E-state index >= 15 is 0 Å². The molecular formula is C25H26ClN3O2. The zero-order valence-corrected chi connectivity index (χ0v) is 18.5. The first-order valence-corrected chi connectivity index (χ1v) is 10.8. The Morgan fingerprint density at radius 3 is 2.52 bits per heavy atom. The molecule has 0 unspecified atom stereocenters. The van der Waals surface area contributed by atoms with Crippen LogP contribution in [0.25, 0.3) is 11.0 Å². The number of H-pyrrole nitrogens is 1. The Hall–Kier alpha value is -3.02. The van der Waals surface area contributed by atoms with Gasteiger partial charge >= 0.3 is 0 Å². The Balaban J connectivity index is 1.43. The maximum absolute atomic E-state index is 6.56. The number of aryl methyl sites for hydroxylation is 1. The van der Waals surface area contributed by atoms with Gasteiger partial charge in [0.2, 0.25) is 0 Å². The number of rotatable bonds is 9. The number of imidazole rings is 1. The summed E-state index contributed by atoms with van der Waals surface area (Å²) < 4.78 is 11.9. The van der Waals surface area contributed by atoms with Crippen molar-refractivity contribution in [2.24, 2.45) is 0 Å². The number of ether oxygens (including phenoxy) is 2. The summed E-state index contributed by atoms with van der Waals surface area (Å²) in [5.74, 6) is 2.23. The van der Waals surface area contributed by atoms with E-state index < -0.39 is 0 Å². The third-order valence-electron chi connectivity index (χ3n) is 5.10. The lowest BCUT2D eigenvalue weighted by molar-refractivity contribution is 0.268. The number of nitrogens with zero attached hydrogens (tertiary/aromatic N) is 1. The van der Waals surface area contributed by atoms with Crippen LogP contribution < -0.4 is 14.8 Å². The van der Waals surface area contributed by atoms with Gasteiger partial charge in [-0.25, -0.2) is 4.98 Å². The van der Waals surface area contributed by atoms with Gasteiger partial charge in [0, 0.05) is 17.6 Å². The third-order valence-corrected chi connectivity index (χ3v) is 5.46. The van der Waals surface area contributed by atoms with Crippen LogP contribution in [0.5, 0.6) is 11.5 Å². The minimum Gasteiger partial charge on any atom is -0.490 e. The number of hydrogen-bond donors (Lipinski definition) is 2. The van der Waals surface area contributed by atoms with E-state index in [1.807, 2.05) is 55.5 Å². The molecule has 1 heterocycles. The molecule has 5 nitrogen and oxygen atoms in total. The number of halogens is 1. The van der Waals surface area contributed by atoms with Crippen LogP contribution in [0.1, 0.15) is 29.4 Å². The minimum absolute atomic E-state index is 0.465. The molecule has 4 aromatic rings. The Morgan fingerprint density at radius 1 is 0.935 bits per heavy atom. The number of fused-ring (bicyclic) bond motifs is 1. The van der Waals surface area contributed by atoms with E-state index in [4.69, 9.17) is 21.1 Å². The summed E-state index contributed by atoms with van der Waals surface area (Å²) in [7, 11) is 0. The van der Waals surface area contributed by atoms with Gasteiger partial charge in [0.1, 0.15) is 12.4 Å². The molecule has 0 radical (unpaired) electrons. The topological polar surface area (TPSA) is 59.2 Å². The number of aromatic amines is 1. The van der Waals surface area contributed by atoms with Gasteiger partial charge in [0.25, 0.3) is 0 Å². The maximum Gasteiger partial charge on any atom is 0.163 e. The average Bonchev–Trinajstić information content (AvgIpc) is 3.18. The molecule has 0 aliphatic rings. The predicted octanol–water partition coefficient (Wildman–Crippen LogP) is 5.79. The Bertz CT molecular complexity index is 1140. The van der Waals surface area contributed by atoms with Crippen molar-refractivity contribution in [3.05, 3.63) is 88.2 Å². The lowest BCUT2D eigenvalue weighted by Crippen LogP contribution is -2.14. The predicted molar refractivity (Wildman–Crippen MR) is 125 cm³/mol. The summed E-state index contributed by atoms with van der Waals surface area (Å²) in [6, 6.07) is 20.0. The second-order valence-electron chi connectivity index (χ2n) is 7.34. The minimum atomic E-state index is 0.465. The first-order chi connectivity index (χ1) is 15.1. The van der Waals surface area contributed by atoms with E-state index in [-0.39, 0.29) is 0 Å². The van der Waals surface area contributed by atoms with E-state index in [0.717, 1.165) is 28.0 Å². The van der Waals surface area contributed by atoms with E-state index in [1.165, 1.54) is 5.56 Å². The van der Waals surface area contributed by atoms with Gasteiger partial charge in [-0.3, -0.25) is 0 Å². The van der Waals surface area contributed by atoms with E-state index in [0.29, 0.717) is 42.8 Å². The molecule has 1 aromatic heterocycles. The highest BCUT2D eigenvalue weighted by Crippen LogP contribution is 2.34. The van der Waals surface area contributed by atoms with Crippen molar-refractivity contribution < 1.29 is 9.47 Å². The van der Waals surface area contributed by atoms with Crippen LogP contribution in [0.2, 0.25) is 5.02 Å². The Morgan fingerprint density at radius 2 is 1.71 bits per heavy atom. The van der Waals surface area contributed by atoms with Crippen molar-refractivity contribution in [1.29, 1.82) is 0 Å². The zero-order valence-electron chi connectivity index (χ0n) is 17.7. The SMILES string of the molecule is CCOc1cc(CNCc2nc3ccccc3[nH]2)c(Cl)cc1OCc1ccccc1C. The van der Waals surface area contributed by atoms with Crippen molar-refractivity contribution in [2.45, 2.75) is 33.5 Å². The molecule has 2 N–H and O–H groups in total. The van der Waals surface area contributed by atoms with Gasteiger partial charge in [0.05, 0.1) is 24.2 Å². The maximum atomic E-state index is 6.56. The van der Waals surface area contributed by atoms with Crippen LogP contribution in [0.3, 0.4) is 0 Å². The summed E-state index contributed by atoms with van der Waals surface area (Å²) in [6.45, 7) is 6.25. The van der Waals surface area contributed by atoms with Gasteiger partial charge in [-0.2, -0.15) is 0 Å². The van der Waals surface area contributed by atoms with Crippen LogP contribution in [0, 0.1) is 6.92 Å². The third kappa shape index (κ3) is 5.19. The molecule has 0 bridgehead atoms. The summed E-state index contributed by atoms with van der Waals surface area (Å²) in [5, 5.41) is 4.04. The monoisotopic (exact) mass is 435 g/mol. The van der Waals surface area contributed by atoms with Crippen LogP contribution in [-0.4, -0.2) is 16.6 Å². The van der Waals surface area contributed by atoms with Crippen LogP contribution in [-0.2, 0) is 19.7 Å². The second kappa shape index (κ2) is 9.86. The van der Waals surface area contributed by atoms with Crippen molar-refractivity contribution >= 4 is 22.6 Å². The standard InChI is InChI=1S/C25H26ClN3O2/c1-3-30-23-12-19(14-27-15-25-28-21-10-6-7-11-22(21)29-25)20(26)13-24(23)31-16-18-9-5-4-8-17(18)2/h4-13,27H,3,14-16H2,1-2H3,(H,28,29). The van der Waals surface area contributed by atoms with Crippen LogP contribution in [0.4, 0.5) is 0 Å². The first-order valence-electron chi connectivity index (χ1n) is 10.4. The first kappa shape index (κ1) is 21.2. The largest absolute Gasteiger partial charge is 0.490 e. The highest BCUT2D eigenvalue weighted by molar-refractivity contribution is 6.31. The molecule has 0 saturated heterocycles. The zero-order chi connectivity index (χ0) is 21.6. The fraction of sp³-hybridized carbons (Fsp3) is 0.240. The number of para-hydroxylation sites is 2. The molecule has 3 aromatic carbocycles. The molecule has 0 fully saturated rings. The lowest BCUT2D eigenvalue weighted by atomic mass is 10.1. The molecule has 160 valence electrons. The molecule has 0 aliphatic heterocycles. The number of aromatic nitrogens is 2. The van der Waals surface area contributed by atoms with Crippen molar-refractivity contribution in [2.75, 3.05) is 6.61 Å². The van der Waals surface area contributed by atoms with Crippen molar-refractivity contribution in [3.8, 4) is 11.5 Å². The van der Waals surface area contributed by atoms with Gasteiger partial charge in [-0.05, 0) is 48.7 Å². The van der Waals surface area contributed by atoms with E-state index in [2.05, 4.69) is 34.3 Å². The summed E-state index contributed by atoms with van der Waals surface area (Å²) in [6.07, 6.45) is 0. The van der Waals surface area contributed by atoms with Gasteiger partial charge in [-0.15, -0.1) is 0 Å². The molecule has 0 aliphatic carbocycles. The molecule has 0 amide bonds. The van der Waals surface area contributed by atoms with Crippen LogP contribution in [0.15, 0.2) is 60.7 Å². The van der Waals surface area contributed by atoms with Gasteiger partial charge < -0.3 is 19.8 Å². The van der Waals surface area contributed by atoms with E-state index in [9.17, 15) is 0 Å². The van der Waals surface area contributed by atoms with Gasteiger partial charge in [0.15, 0.2) is 11.5 Å². The van der Waals surface area contributed by atoms with Crippen molar-refractivity contribution in [3.63, 3.8) is 0 Å². The van der Waals surface area contributed by atoms with Gasteiger partial charge in [-0.1, -0.05) is 48.0 Å². The van der Waals surface area contributed by atoms with Crippen LogP contribution >= 0.6 is 11.6 Å². The van der Waals surface area contributed by atoms with Crippen molar-refractivity contribution in [1.82, 2.24) is 15.3 Å². The Kier molecular flexibility index (Phi) is 6.75. The fourth-order valence-corrected chi connectivity index (χ4v) is 3.65. The Labute approximate surface area is 187 Å². The summed E-state index contributed by atoms with van der Waals surface area (Å²) >= 11 is 6.56. The molecule has 0 atom stereocenters. The number of hydrogen-bond acceptors (Lipinski definition) is 4. The highest BCUT2D eigenvalue weighted by atomic mass is 35.5. The number of benzene rings is 3. The summed E-state index contributed by atoms with van der Waals surface area (Å²) in [5.41, 5.74) is 5.28. The molecule has 0 saturated carbocycles. The normalized spacial score (nSPS) is 11.1. The van der Waals surface area contributed by atoms with E-state index in [1.54, 1.807) is 0 Å². The molecule has 31 heavy (non-hydrogen) atoms. The second-order valence-corrected chi connectivity index (χ2v) is 7.75.